The minimum atomic E-state index is -0.933. The number of halogens is 2. The Morgan fingerprint density at radius 3 is 2.62 bits per heavy atom. The number of aryl methyl sites for hydroxylation is 2. The predicted octanol–water partition coefficient (Wildman–Crippen LogP) is 4.26. The Kier molecular flexibility index (Phi) is 4.07. The molecule has 0 bridgehead atoms. The van der Waals surface area contributed by atoms with Gasteiger partial charge in [-0.3, -0.25) is 14.5 Å². The molecule has 0 aromatic carbocycles. The zero-order chi connectivity index (χ0) is 18.4. The maximum Gasteiger partial charge on any atom is 0.276 e. The quantitative estimate of drug-likeness (QED) is 0.742. The number of nitrogens with one attached hydrogen (secondary N) is 1. The van der Waals surface area contributed by atoms with E-state index in [1.165, 1.54) is 17.7 Å². The van der Waals surface area contributed by atoms with Crippen molar-refractivity contribution in [2.45, 2.75) is 25.7 Å². The van der Waals surface area contributed by atoms with E-state index >= 15 is 0 Å². The Balaban J connectivity index is 1.63. The molecule has 0 spiro atoms. The third-order valence-electron chi connectivity index (χ3n) is 4.40. The van der Waals surface area contributed by atoms with Gasteiger partial charge in [0.25, 0.3) is 5.91 Å². The number of hydrogen-bond donors (Lipinski definition) is 1. The molecule has 0 radical (unpaired) electrons. The normalized spacial score (nSPS) is 13.8. The number of pyridine rings is 1. The Morgan fingerprint density at radius 1 is 1.27 bits per heavy atom. The van der Waals surface area contributed by atoms with Gasteiger partial charge in [-0.25, -0.2) is 8.78 Å². The van der Waals surface area contributed by atoms with Crippen LogP contribution in [0.1, 0.15) is 39.0 Å². The van der Waals surface area contributed by atoms with E-state index in [-0.39, 0.29) is 5.69 Å². The van der Waals surface area contributed by atoms with Crippen LogP contribution < -0.4 is 5.32 Å². The van der Waals surface area contributed by atoms with E-state index in [4.69, 9.17) is 0 Å². The zero-order valence-corrected chi connectivity index (χ0v) is 15.0. The van der Waals surface area contributed by atoms with Crippen LogP contribution in [0, 0.1) is 18.6 Å². The van der Waals surface area contributed by atoms with E-state index in [1.54, 1.807) is 29.1 Å². The van der Waals surface area contributed by atoms with Crippen LogP contribution in [0.25, 0.3) is 11.3 Å². The number of aromatic nitrogens is 3. The summed E-state index contributed by atoms with van der Waals surface area (Å²) in [6.45, 7) is 2.04. The maximum absolute atomic E-state index is 13.7. The molecular formula is C18H16F2N4OS. The third-order valence-corrected chi connectivity index (χ3v) is 5.61. The van der Waals surface area contributed by atoms with E-state index in [0.29, 0.717) is 5.92 Å². The fourth-order valence-electron chi connectivity index (χ4n) is 2.87. The Labute approximate surface area is 152 Å². The lowest BCUT2D eigenvalue weighted by molar-refractivity contribution is 0.102. The highest BCUT2D eigenvalue weighted by Crippen LogP contribution is 2.46. The van der Waals surface area contributed by atoms with Crippen LogP contribution in [-0.2, 0) is 7.05 Å². The van der Waals surface area contributed by atoms with E-state index in [1.807, 2.05) is 6.92 Å². The molecule has 1 aliphatic rings. The van der Waals surface area contributed by atoms with E-state index in [9.17, 15) is 13.6 Å². The van der Waals surface area contributed by atoms with E-state index < -0.39 is 23.2 Å². The lowest BCUT2D eigenvalue weighted by Gasteiger charge is -2.04. The highest BCUT2D eigenvalue weighted by atomic mass is 32.1. The van der Waals surface area contributed by atoms with Crippen LogP contribution in [0.5, 0.6) is 0 Å². The summed E-state index contributed by atoms with van der Waals surface area (Å²) in [6.07, 6.45) is 4.14. The molecule has 8 heteroatoms. The summed E-state index contributed by atoms with van der Waals surface area (Å²) < 4.78 is 29.0. The van der Waals surface area contributed by atoms with Gasteiger partial charge in [-0.1, -0.05) is 0 Å². The van der Waals surface area contributed by atoms with Gasteiger partial charge in [0, 0.05) is 22.4 Å². The number of hydrogen-bond acceptors (Lipinski definition) is 4. The van der Waals surface area contributed by atoms with Crippen LogP contribution in [-0.4, -0.2) is 20.7 Å². The first-order chi connectivity index (χ1) is 12.4. The molecule has 4 rings (SSSR count). The minimum Gasteiger partial charge on any atom is -0.316 e. The van der Waals surface area contributed by atoms with Crippen molar-refractivity contribution in [1.29, 1.82) is 0 Å². The van der Waals surface area contributed by atoms with Crippen LogP contribution in [0.15, 0.2) is 24.5 Å². The molecule has 0 saturated heterocycles. The summed E-state index contributed by atoms with van der Waals surface area (Å²) in [5.74, 6) is -1.89. The number of carbonyl (C=O) groups is 1. The van der Waals surface area contributed by atoms with Crippen molar-refractivity contribution in [3.8, 4) is 11.3 Å². The molecule has 26 heavy (non-hydrogen) atoms. The van der Waals surface area contributed by atoms with Crippen molar-refractivity contribution in [2.24, 2.45) is 7.05 Å². The van der Waals surface area contributed by atoms with Crippen molar-refractivity contribution in [1.82, 2.24) is 14.8 Å². The Hall–Kier alpha value is -2.61. The molecule has 1 fully saturated rings. The number of rotatable bonds is 4. The summed E-state index contributed by atoms with van der Waals surface area (Å²) in [4.78, 5) is 18.3. The van der Waals surface area contributed by atoms with Crippen LogP contribution >= 0.6 is 11.3 Å². The first-order valence-electron chi connectivity index (χ1n) is 8.19. The molecule has 0 unspecified atom stereocenters. The maximum atomic E-state index is 13.7. The van der Waals surface area contributed by atoms with Gasteiger partial charge in [0.1, 0.15) is 5.69 Å². The molecule has 1 N–H and O–H groups in total. The highest BCUT2D eigenvalue weighted by Gasteiger charge is 2.27. The smallest absolute Gasteiger partial charge is 0.276 e. The van der Waals surface area contributed by atoms with Crippen molar-refractivity contribution in [2.75, 3.05) is 5.32 Å². The van der Waals surface area contributed by atoms with Crippen LogP contribution in [0.2, 0.25) is 0 Å². The predicted molar refractivity (Wildman–Crippen MR) is 95.3 cm³/mol. The van der Waals surface area contributed by atoms with Gasteiger partial charge >= 0.3 is 0 Å². The van der Waals surface area contributed by atoms with Crippen molar-refractivity contribution in [3.05, 3.63) is 51.6 Å². The van der Waals surface area contributed by atoms with Crippen molar-refractivity contribution in [3.63, 3.8) is 0 Å². The van der Waals surface area contributed by atoms with Gasteiger partial charge in [0.15, 0.2) is 17.3 Å². The standard InChI is InChI=1S/C18H16F2N4OS/c1-9-11(5-16(26-9)10-3-4-10)15-6-14(23-24(15)2)18(25)22-17-12(19)7-21-8-13(17)20/h5-8,10H,3-4H2,1-2H3,(H,21,22,25). The number of amides is 1. The number of anilines is 1. The summed E-state index contributed by atoms with van der Waals surface area (Å²) in [5, 5.41) is 6.43. The Morgan fingerprint density at radius 2 is 1.96 bits per heavy atom. The number of nitrogens with zero attached hydrogens (tertiary/aromatic N) is 3. The largest absolute Gasteiger partial charge is 0.316 e. The second kappa shape index (κ2) is 6.28. The molecule has 0 aliphatic heterocycles. The number of carbonyl (C=O) groups excluding carboxylic acids is 1. The number of thiophene rings is 1. The molecule has 1 amide bonds. The van der Waals surface area contributed by atoms with Gasteiger partial charge in [-0.15, -0.1) is 11.3 Å². The molecule has 1 aliphatic carbocycles. The SMILES string of the molecule is Cc1sc(C2CC2)cc1-c1cc(C(=O)Nc2c(F)cncc2F)nn1C. The summed E-state index contributed by atoms with van der Waals surface area (Å²) in [5.41, 5.74) is 1.40. The van der Waals surface area contributed by atoms with E-state index in [2.05, 4.69) is 21.5 Å². The zero-order valence-electron chi connectivity index (χ0n) is 14.2. The molecule has 0 atom stereocenters. The first kappa shape index (κ1) is 16.8. The summed E-state index contributed by atoms with van der Waals surface area (Å²) in [6, 6.07) is 3.79. The van der Waals surface area contributed by atoms with Crippen LogP contribution in [0.4, 0.5) is 14.5 Å². The summed E-state index contributed by atoms with van der Waals surface area (Å²) >= 11 is 1.76. The van der Waals surface area contributed by atoms with Gasteiger partial charge in [-0.2, -0.15) is 5.10 Å². The fourth-order valence-corrected chi connectivity index (χ4v) is 4.07. The van der Waals surface area contributed by atoms with E-state index in [0.717, 1.165) is 28.5 Å². The first-order valence-corrected chi connectivity index (χ1v) is 9.00. The van der Waals surface area contributed by atoms with Gasteiger partial charge in [0.2, 0.25) is 0 Å². The molecule has 5 nitrogen and oxygen atoms in total. The Bertz CT molecular complexity index is 987. The van der Waals surface area contributed by atoms with Crippen molar-refractivity contribution < 1.29 is 13.6 Å². The third kappa shape index (κ3) is 3.01. The monoisotopic (exact) mass is 374 g/mol. The van der Waals surface area contributed by atoms with Gasteiger partial charge < -0.3 is 5.32 Å². The van der Waals surface area contributed by atoms with Gasteiger partial charge in [0.05, 0.1) is 18.1 Å². The topological polar surface area (TPSA) is 59.8 Å². The molecule has 134 valence electrons. The minimum absolute atomic E-state index is 0.0942. The molecule has 3 aromatic heterocycles. The second-order valence-corrected chi connectivity index (χ2v) is 7.65. The fraction of sp³-hybridized carbons (Fsp3) is 0.278. The highest BCUT2D eigenvalue weighted by molar-refractivity contribution is 7.12. The summed E-state index contributed by atoms with van der Waals surface area (Å²) in [7, 11) is 1.74. The van der Waals surface area contributed by atoms with Crippen molar-refractivity contribution >= 4 is 22.9 Å². The van der Waals surface area contributed by atoms with Crippen LogP contribution in [0.3, 0.4) is 0 Å². The van der Waals surface area contributed by atoms with Gasteiger partial charge in [-0.05, 0) is 37.8 Å². The second-order valence-electron chi connectivity index (χ2n) is 6.36. The average Bonchev–Trinajstić information content (AvgIpc) is 3.27. The molecule has 1 saturated carbocycles. The lowest BCUT2D eigenvalue weighted by atomic mass is 10.1. The molecular weight excluding hydrogens is 358 g/mol. The average molecular weight is 374 g/mol. The lowest BCUT2D eigenvalue weighted by Crippen LogP contribution is -2.15. The molecule has 3 aromatic rings. The molecule has 3 heterocycles.